The number of amides is 2. The summed E-state index contributed by atoms with van der Waals surface area (Å²) in [4.78, 5) is 11.9. The van der Waals surface area contributed by atoms with Crippen LogP contribution in [0.2, 0.25) is 0 Å². The van der Waals surface area contributed by atoms with Gasteiger partial charge in [-0.05, 0) is 18.3 Å². The second-order valence-corrected chi connectivity index (χ2v) is 6.62. The molecule has 0 spiro atoms. The Kier molecular flexibility index (Phi) is 6.76. The molecule has 2 amide bonds. The zero-order valence-electron chi connectivity index (χ0n) is 13.5. The van der Waals surface area contributed by atoms with Crippen molar-refractivity contribution >= 4 is 6.03 Å². The molecular formula is C15H30N2O3. The summed E-state index contributed by atoms with van der Waals surface area (Å²) in [6.45, 7) is 10.6. The van der Waals surface area contributed by atoms with Gasteiger partial charge >= 0.3 is 6.03 Å². The van der Waals surface area contributed by atoms with Crippen molar-refractivity contribution in [3.8, 4) is 0 Å². The van der Waals surface area contributed by atoms with Crippen LogP contribution in [0, 0.1) is 11.3 Å². The van der Waals surface area contributed by atoms with E-state index < -0.39 is 0 Å². The zero-order chi connectivity index (χ0) is 15.2. The third-order valence-corrected chi connectivity index (χ3v) is 3.79. The molecule has 1 aliphatic heterocycles. The molecule has 2 N–H and O–H groups in total. The van der Waals surface area contributed by atoms with Crippen molar-refractivity contribution in [2.24, 2.45) is 11.3 Å². The topological polar surface area (TPSA) is 59.6 Å². The summed E-state index contributed by atoms with van der Waals surface area (Å²) >= 11 is 0. The molecule has 20 heavy (non-hydrogen) atoms. The minimum atomic E-state index is -0.117. The lowest BCUT2D eigenvalue weighted by atomic mass is 9.81. The number of methoxy groups -OCH3 is 1. The quantitative estimate of drug-likeness (QED) is 0.786. The Bertz CT molecular complexity index is 302. The van der Waals surface area contributed by atoms with Crippen LogP contribution in [-0.2, 0) is 9.47 Å². The van der Waals surface area contributed by atoms with Gasteiger partial charge in [0.25, 0.3) is 0 Å². The molecular weight excluding hydrogens is 256 g/mol. The molecule has 0 aliphatic carbocycles. The van der Waals surface area contributed by atoms with Crippen LogP contribution in [0.1, 0.15) is 40.5 Å². The summed E-state index contributed by atoms with van der Waals surface area (Å²) in [6.07, 6.45) is 2.08. The summed E-state index contributed by atoms with van der Waals surface area (Å²) in [6, 6.07) is -0.0494. The number of carbonyl (C=O) groups excluding carboxylic acids is 1. The molecule has 5 heteroatoms. The van der Waals surface area contributed by atoms with Gasteiger partial charge in [-0.1, -0.05) is 27.7 Å². The largest absolute Gasteiger partial charge is 0.383 e. The monoisotopic (exact) mass is 286 g/mol. The number of ether oxygens (including phenoxy) is 2. The summed E-state index contributed by atoms with van der Waals surface area (Å²) in [5, 5.41) is 5.89. The van der Waals surface area contributed by atoms with Crippen molar-refractivity contribution in [1.29, 1.82) is 0 Å². The Morgan fingerprint density at radius 3 is 2.70 bits per heavy atom. The fraction of sp³-hybridized carbons (Fsp3) is 0.933. The molecule has 0 bridgehead atoms. The number of urea groups is 1. The summed E-state index contributed by atoms with van der Waals surface area (Å²) in [7, 11) is 1.64. The van der Waals surface area contributed by atoms with Gasteiger partial charge in [0.1, 0.15) is 0 Å². The lowest BCUT2D eigenvalue weighted by Crippen LogP contribution is -2.46. The summed E-state index contributed by atoms with van der Waals surface area (Å²) in [5.41, 5.74) is 0.112. The summed E-state index contributed by atoms with van der Waals surface area (Å²) < 4.78 is 10.9. The predicted molar refractivity (Wildman–Crippen MR) is 79.8 cm³/mol. The van der Waals surface area contributed by atoms with Gasteiger partial charge in [0.05, 0.1) is 18.8 Å². The molecule has 5 nitrogen and oxygen atoms in total. The fourth-order valence-electron chi connectivity index (χ4n) is 2.72. The molecule has 1 heterocycles. The highest BCUT2D eigenvalue weighted by atomic mass is 16.5. The van der Waals surface area contributed by atoms with Crippen LogP contribution in [0.3, 0.4) is 0 Å². The number of hydrogen-bond acceptors (Lipinski definition) is 3. The lowest BCUT2D eigenvalue weighted by Gasteiger charge is -2.31. The number of rotatable bonds is 6. The first-order valence-corrected chi connectivity index (χ1v) is 7.53. The zero-order valence-corrected chi connectivity index (χ0v) is 13.5. The molecule has 1 fully saturated rings. The molecule has 1 saturated heterocycles. The van der Waals surface area contributed by atoms with Crippen LogP contribution in [0.25, 0.3) is 0 Å². The maximum absolute atomic E-state index is 11.9. The van der Waals surface area contributed by atoms with Gasteiger partial charge in [-0.2, -0.15) is 0 Å². The van der Waals surface area contributed by atoms with Gasteiger partial charge in [-0.3, -0.25) is 0 Å². The van der Waals surface area contributed by atoms with E-state index in [2.05, 4.69) is 31.4 Å². The Morgan fingerprint density at radius 1 is 1.45 bits per heavy atom. The van der Waals surface area contributed by atoms with E-state index >= 15 is 0 Å². The third-order valence-electron chi connectivity index (χ3n) is 3.79. The minimum Gasteiger partial charge on any atom is -0.383 e. The van der Waals surface area contributed by atoms with Gasteiger partial charge < -0.3 is 20.1 Å². The van der Waals surface area contributed by atoms with E-state index in [0.29, 0.717) is 19.1 Å². The Morgan fingerprint density at radius 2 is 2.15 bits per heavy atom. The maximum Gasteiger partial charge on any atom is 0.315 e. The SMILES string of the molecule is CC[C@@H](COC)NC(=O)NC[C@H]1CCO[C@@H]1C(C)(C)C. The van der Waals surface area contributed by atoms with E-state index in [9.17, 15) is 4.79 Å². The summed E-state index contributed by atoms with van der Waals surface area (Å²) in [5.74, 6) is 0.392. The standard InChI is InChI=1S/C15H30N2O3/c1-6-12(10-19-5)17-14(18)16-9-11-7-8-20-13(11)15(2,3)4/h11-13H,6-10H2,1-5H3,(H2,16,17,18)/t11-,12+,13+/m1/s1. The highest BCUT2D eigenvalue weighted by Crippen LogP contribution is 2.34. The second kappa shape index (κ2) is 7.84. The number of carbonyl (C=O) groups is 1. The van der Waals surface area contributed by atoms with Gasteiger partial charge in [-0.25, -0.2) is 4.79 Å². The normalized spacial score (nSPS) is 24.4. The first-order chi connectivity index (χ1) is 9.38. The maximum atomic E-state index is 11.9. The average molecular weight is 286 g/mol. The van der Waals surface area contributed by atoms with E-state index in [4.69, 9.17) is 9.47 Å². The highest BCUT2D eigenvalue weighted by molar-refractivity contribution is 5.74. The Labute approximate surface area is 122 Å². The van der Waals surface area contributed by atoms with E-state index in [0.717, 1.165) is 19.4 Å². The number of hydrogen-bond donors (Lipinski definition) is 2. The molecule has 3 atom stereocenters. The molecule has 1 aliphatic rings. The molecule has 0 radical (unpaired) electrons. The second-order valence-electron chi connectivity index (χ2n) is 6.62. The van der Waals surface area contributed by atoms with Crippen LogP contribution < -0.4 is 10.6 Å². The van der Waals surface area contributed by atoms with Crippen LogP contribution in [0.15, 0.2) is 0 Å². The molecule has 118 valence electrons. The van der Waals surface area contributed by atoms with Crippen LogP contribution in [0.5, 0.6) is 0 Å². The third kappa shape index (κ3) is 5.29. The molecule has 0 saturated carbocycles. The van der Waals surface area contributed by atoms with Crippen molar-refractivity contribution < 1.29 is 14.3 Å². The van der Waals surface area contributed by atoms with Crippen LogP contribution in [0.4, 0.5) is 4.79 Å². The van der Waals surface area contributed by atoms with Gasteiger partial charge in [0.15, 0.2) is 0 Å². The van der Waals surface area contributed by atoms with Gasteiger partial charge in [-0.15, -0.1) is 0 Å². The number of nitrogens with one attached hydrogen (secondary N) is 2. The van der Waals surface area contributed by atoms with Crippen molar-refractivity contribution in [1.82, 2.24) is 10.6 Å². The first kappa shape index (κ1) is 17.2. The van der Waals surface area contributed by atoms with E-state index in [1.807, 2.05) is 6.92 Å². The fourth-order valence-corrected chi connectivity index (χ4v) is 2.72. The van der Waals surface area contributed by atoms with E-state index in [1.54, 1.807) is 7.11 Å². The molecule has 0 aromatic carbocycles. The van der Waals surface area contributed by atoms with Crippen molar-refractivity contribution in [3.05, 3.63) is 0 Å². The van der Waals surface area contributed by atoms with Crippen molar-refractivity contribution in [3.63, 3.8) is 0 Å². The smallest absolute Gasteiger partial charge is 0.315 e. The van der Waals surface area contributed by atoms with Gasteiger partial charge in [0.2, 0.25) is 0 Å². The molecule has 0 aromatic rings. The van der Waals surface area contributed by atoms with Crippen molar-refractivity contribution in [2.45, 2.75) is 52.7 Å². The Balaban J connectivity index is 2.37. The lowest BCUT2D eigenvalue weighted by molar-refractivity contribution is 0.00772. The van der Waals surface area contributed by atoms with Gasteiger partial charge in [0, 0.05) is 26.2 Å². The van der Waals surface area contributed by atoms with Crippen LogP contribution in [-0.4, -0.2) is 45.0 Å². The van der Waals surface area contributed by atoms with E-state index in [-0.39, 0.29) is 23.6 Å². The average Bonchev–Trinajstić information content (AvgIpc) is 2.84. The minimum absolute atomic E-state index is 0.0678. The predicted octanol–water partition coefficient (Wildman–Crippen LogP) is 2.16. The van der Waals surface area contributed by atoms with Crippen molar-refractivity contribution in [2.75, 3.05) is 26.9 Å². The van der Waals surface area contributed by atoms with E-state index in [1.165, 1.54) is 0 Å². The Hall–Kier alpha value is -0.810. The molecule has 0 aromatic heterocycles. The first-order valence-electron chi connectivity index (χ1n) is 7.53. The molecule has 0 unspecified atom stereocenters. The van der Waals surface area contributed by atoms with Crippen LogP contribution >= 0.6 is 0 Å². The molecule has 1 rings (SSSR count). The highest BCUT2D eigenvalue weighted by Gasteiger charge is 2.37.